The van der Waals surface area contributed by atoms with Crippen molar-refractivity contribution < 1.29 is 14.3 Å². The van der Waals surface area contributed by atoms with E-state index < -0.39 is 11.8 Å². The van der Waals surface area contributed by atoms with Crippen LogP contribution in [0.5, 0.6) is 5.75 Å². The lowest BCUT2D eigenvalue weighted by Gasteiger charge is -2.35. The summed E-state index contributed by atoms with van der Waals surface area (Å²) < 4.78 is 11.4. The van der Waals surface area contributed by atoms with Gasteiger partial charge < -0.3 is 9.47 Å². The Labute approximate surface area is 117 Å². The van der Waals surface area contributed by atoms with Gasteiger partial charge in [-0.1, -0.05) is 55.1 Å². The first-order valence-electron chi connectivity index (χ1n) is 6.37. The second kappa shape index (κ2) is 4.53. The molecule has 0 aliphatic carbocycles. The number of carbonyl (C=O) groups excluding carboxylic acids is 1. The van der Waals surface area contributed by atoms with Crippen molar-refractivity contribution in [3.8, 4) is 5.75 Å². The molecule has 1 aliphatic heterocycles. The Morgan fingerprint density at radius 1 is 1.05 bits per heavy atom. The van der Waals surface area contributed by atoms with Gasteiger partial charge in [0.1, 0.15) is 11.3 Å². The number of hydrogen-bond donors (Lipinski definition) is 0. The smallest absolute Gasteiger partial charge is 0.346 e. The Bertz CT molecular complexity index is 676. The maximum atomic E-state index is 12.3. The van der Waals surface area contributed by atoms with E-state index >= 15 is 0 Å². The second-order valence-electron chi connectivity index (χ2n) is 4.73. The second-order valence-corrected chi connectivity index (χ2v) is 4.73. The van der Waals surface area contributed by atoms with Gasteiger partial charge in [0.05, 0.1) is 0 Å². The third-order valence-corrected chi connectivity index (χ3v) is 3.37. The minimum atomic E-state index is -1.11. The predicted octanol–water partition coefficient (Wildman–Crippen LogP) is 3.75. The molecule has 3 rings (SSSR count). The number of esters is 1. The average molecular weight is 266 g/mol. The topological polar surface area (TPSA) is 35.5 Å². The van der Waals surface area contributed by atoms with Crippen molar-refractivity contribution in [2.75, 3.05) is 0 Å². The summed E-state index contributed by atoms with van der Waals surface area (Å²) in [5, 5.41) is 0. The van der Waals surface area contributed by atoms with E-state index in [9.17, 15) is 4.79 Å². The van der Waals surface area contributed by atoms with Crippen LogP contribution in [0.3, 0.4) is 0 Å². The standard InChI is InChI=1S/C17H14O3/c1-3-12-8-7-11-14-15(12)16(18)20-17(2,19-14)13-9-5-4-6-10-13/h3-11H,1H2,2H3. The van der Waals surface area contributed by atoms with Crippen molar-refractivity contribution in [3.63, 3.8) is 0 Å². The van der Waals surface area contributed by atoms with Crippen LogP contribution in [0.15, 0.2) is 55.1 Å². The summed E-state index contributed by atoms with van der Waals surface area (Å²) in [6.45, 7) is 5.44. The first-order valence-corrected chi connectivity index (χ1v) is 6.37. The molecule has 3 nitrogen and oxygen atoms in total. The van der Waals surface area contributed by atoms with Crippen molar-refractivity contribution in [1.29, 1.82) is 0 Å². The number of hydrogen-bond acceptors (Lipinski definition) is 3. The van der Waals surface area contributed by atoms with Crippen molar-refractivity contribution >= 4 is 12.0 Å². The number of fused-ring (bicyclic) bond motifs is 1. The van der Waals surface area contributed by atoms with E-state index in [2.05, 4.69) is 6.58 Å². The van der Waals surface area contributed by atoms with Crippen LogP contribution in [0, 0.1) is 0 Å². The Hall–Kier alpha value is -2.55. The molecule has 0 saturated heterocycles. The molecule has 2 aromatic carbocycles. The third-order valence-electron chi connectivity index (χ3n) is 3.37. The molecule has 0 N–H and O–H groups in total. The summed E-state index contributed by atoms with van der Waals surface area (Å²) in [7, 11) is 0. The minimum Gasteiger partial charge on any atom is -0.447 e. The molecule has 0 saturated carbocycles. The minimum absolute atomic E-state index is 0.395. The highest BCUT2D eigenvalue weighted by Crippen LogP contribution is 2.38. The maximum absolute atomic E-state index is 12.3. The molecule has 20 heavy (non-hydrogen) atoms. The molecule has 1 heterocycles. The van der Waals surface area contributed by atoms with Crippen LogP contribution < -0.4 is 4.74 Å². The molecule has 1 atom stereocenters. The highest BCUT2D eigenvalue weighted by molar-refractivity contribution is 5.97. The summed E-state index contributed by atoms with van der Waals surface area (Å²) in [6.07, 6.45) is 1.62. The molecule has 2 aromatic rings. The quantitative estimate of drug-likeness (QED) is 0.776. The first kappa shape index (κ1) is 12.5. The highest BCUT2D eigenvalue weighted by atomic mass is 16.7. The molecule has 0 fully saturated rings. The zero-order valence-corrected chi connectivity index (χ0v) is 11.1. The van der Waals surface area contributed by atoms with Gasteiger partial charge in [0.15, 0.2) is 0 Å². The van der Waals surface area contributed by atoms with Gasteiger partial charge in [-0.25, -0.2) is 4.79 Å². The summed E-state index contributed by atoms with van der Waals surface area (Å²) in [6, 6.07) is 14.8. The number of carbonyl (C=O) groups is 1. The first-order chi connectivity index (χ1) is 9.64. The van der Waals surface area contributed by atoms with Gasteiger partial charge in [-0.2, -0.15) is 0 Å². The van der Waals surface area contributed by atoms with Crippen molar-refractivity contribution in [1.82, 2.24) is 0 Å². The predicted molar refractivity (Wildman–Crippen MR) is 76.4 cm³/mol. The monoisotopic (exact) mass is 266 g/mol. The number of benzene rings is 2. The van der Waals surface area contributed by atoms with Crippen LogP contribution >= 0.6 is 0 Å². The van der Waals surface area contributed by atoms with E-state index in [-0.39, 0.29) is 0 Å². The number of ether oxygens (including phenoxy) is 2. The lowest BCUT2D eigenvalue weighted by atomic mass is 10.0. The largest absolute Gasteiger partial charge is 0.447 e. The van der Waals surface area contributed by atoms with Gasteiger partial charge >= 0.3 is 5.97 Å². The molecule has 1 aliphatic rings. The Morgan fingerprint density at radius 2 is 1.80 bits per heavy atom. The summed E-state index contributed by atoms with van der Waals surface area (Å²) in [4.78, 5) is 12.3. The fourth-order valence-electron chi connectivity index (χ4n) is 2.34. The molecule has 1 unspecified atom stereocenters. The molecular weight excluding hydrogens is 252 g/mol. The van der Waals surface area contributed by atoms with E-state index in [4.69, 9.17) is 9.47 Å². The fourth-order valence-corrected chi connectivity index (χ4v) is 2.34. The summed E-state index contributed by atoms with van der Waals surface area (Å²) >= 11 is 0. The van der Waals surface area contributed by atoms with Crippen molar-refractivity contribution in [3.05, 3.63) is 71.8 Å². The van der Waals surface area contributed by atoms with Crippen LogP contribution in [0.25, 0.3) is 6.08 Å². The molecule has 0 bridgehead atoms. The van der Waals surface area contributed by atoms with E-state index in [0.29, 0.717) is 16.9 Å². The summed E-state index contributed by atoms with van der Waals surface area (Å²) in [5.41, 5.74) is 1.93. The van der Waals surface area contributed by atoms with Gasteiger partial charge in [-0.15, -0.1) is 0 Å². The van der Waals surface area contributed by atoms with Crippen LogP contribution in [0.4, 0.5) is 0 Å². The number of rotatable bonds is 2. The Balaban J connectivity index is 2.10. The molecule has 0 aromatic heterocycles. The van der Waals surface area contributed by atoms with Crippen LogP contribution in [0.2, 0.25) is 0 Å². The maximum Gasteiger partial charge on any atom is 0.346 e. The van der Waals surface area contributed by atoms with E-state index in [0.717, 1.165) is 5.56 Å². The van der Waals surface area contributed by atoms with Gasteiger partial charge in [0.2, 0.25) is 0 Å². The normalized spacial score (nSPS) is 20.6. The molecule has 0 amide bonds. The molecular formula is C17H14O3. The van der Waals surface area contributed by atoms with E-state index in [1.165, 1.54) is 0 Å². The summed E-state index contributed by atoms with van der Waals surface area (Å²) in [5.74, 6) is -0.983. The van der Waals surface area contributed by atoms with Gasteiger partial charge in [0, 0.05) is 12.5 Å². The van der Waals surface area contributed by atoms with Gasteiger partial charge in [-0.3, -0.25) is 0 Å². The van der Waals surface area contributed by atoms with Crippen molar-refractivity contribution in [2.45, 2.75) is 12.7 Å². The van der Waals surface area contributed by atoms with E-state index in [1.807, 2.05) is 42.5 Å². The van der Waals surface area contributed by atoms with Crippen LogP contribution in [-0.4, -0.2) is 5.97 Å². The SMILES string of the molecule is C=Cc1cccc2c1C(=O)OC(C)(c1ccccc1)O2. The van der Waals surface area contributed by atoms with Gasteiger partial charge in [0.25, 0.3) is 5.79 Å². The van der Waals surface area contributed by atoms with Gasteiger partial charge in [-0.05, 0) is 11.6 Å². The fraction of sp³-hybridized carbons (Fsp3) is 0.118. The Kier molecular flexibility index (Phi) is 2.83. The lowest BCUT2D eigenvalue weighted by molar-refractivity contribution is -0.148. The van der Waals surface area contributed by atoms with Crippen LogP contribution in [0.1, 0.15) is 28.4 Å². The lowest BCUT2D eigenvalue weighted by Crippen LogP contribution is -2.39. The van der Waals surface area contributed by atoms with Crippen LogP contribution in [-0.2, 0) is 10.5 Å². The average Bonchev–Trinajstić information content (AvgIpc) is 2.47. The molecule has 3 heteroatoms. The molecule has 100 valence electrons. The Morgan fingerprint density at radius 3 is 2.50 bits per heavy atom. The third kappa shape index (κ3) is 1.88. The zero-order chi connectivity index (χ0) is 14.2. The zero-order valence-electron chi connectivity index (χ0n) is 11.1. The molecule has 0 radical (unpaired) electrons. The molecule has 0 spiro atoms. The number of cyclic esters (lactones) is 1. The van der Waals surface area contributed by atoms with Crippen molar-refractivity contribution in [2.24, 2.45) is 0 Å². The highest BCUT2D eigenvalue weighted by Gasteiger charge is 2.40. The van der Waals surface area contributed by atoms with E-state index in [1.54, 1.807) is 19.1 Å².